The van der Waals surface area contributed by atoms with Crippen LogP contribution in [0, 0.1) is 5.92 Å². The summed E-state index contributed by atoms with van der Waals surface area (Å²) >= 11 is 5.82. The Bertz CT molecular complexity index is 511. The predicted molar refractivity (Wildman–Crippen MR) is 85.1 cm³/mol. The van der Waals surface area contributed by atoms with Gasteiger partial charge < -0.3 is 15.7 Å². The summed E-state index contributed by atoms with van der Waals surface area (Å²) < 4.78 is 0. The number of nitrogens with one attached hydrogen (secondary N) is 2. The minimum atomic E-state index is -0.731. The smallest absolute Gasteiger partial charge is 0.315 e. The lowest BCUT2D eigenvalue weighted by molar-refractivity contribution is -0.142. The quantitative estimate of drug-likeness (QED) is 0.779. The lowest BCUT2D eigenvalue weighted by Crippen LogP contribution is -2.44. The normalized spacial score (nSPS) is 21.1. The standard InChI is InChI=1S/C16H21ClN2O3/c17-13-5-1-11(2-6-13)9-10-18-16(22)19-14-7-3-12(4-8-14)15(20)21/h1-2,5-6,12,14H,3-4,7-10H2,(H,20,21)(H2,18,19,22). The van der Waals surface area contributed by atoms with Gasteiger partial charge >= 0.3 is 12.0 Å². The molecule has 1 fully saturated rings. The SMILES string of the molecule is O=C(NCCc1ccc(Cl)cc1)NC1CCC(C(=O)O)CC1. The third-order valence-electron chi connectivity index (χ3n) is 4.02. The Kier molecular flexibility index (Phi) is 6.07. The first-order chi connectivity index (χ1) is 10.5. The molecule has 0 atom stereocenters. The molecule has 2 amide bonds. The average Bonchev–Trinajstić information content (AvgIpc) is 2.50. The summed E-state index contributed by atoms with van der Waals surface area (Å²) in [5, 5.41) is 15.4. The van der Waals surface area contributed by atoms with Gasteiger partial charge in [-0.3, -0.25) is 4.79 Å². The molecule has 1 aromatic rings. The second-order valence-electron chi connectivity index (χ2n) is 5.66. The Balaban J connectivity index is 1.64. The highest BCUT2D eigenvalue weighted by atomic mass is 35.5. The predicted octanol–water partition coefficient (Wildman–Crippen LogP) is 2.83. The summed E-state index contributed by atoms with van der Waals surface area (Å²) in [6.07, 6.45) is 3.45. The maximum atomic E-state index is 11.8. The molecule has 0 spiro atoms. The Hall–Kier alpha value is -1.75. The second-order valence-corrected chi connectivity index (χ2v) is 6.10. The van der Waals surface area contributed by atoms with Gasteiger partial charge in [0.2, 0.25) is 0 Å². The van der Waals surface area contributed by atoms with Crippen LogP contribution in [0.25, 0.3) is 0 Å². The zero-order valence-corrected chi connectivity index (χ0v) is 13.1. The van der Waals surface area contributed by atoms with Crippen molar-refractivity contribution in [1.82, 2.24) is 10.6 Å². The van der Waals surface area contributed by atoms with Crippen LogP contribution in [0.5, 0.6) is 0 Å². The van der Waals surface area contributed by atoms with Crippen molar-refractivity contribution in [3.05, 3.63) is 34.9 Å². The summed E-state index contributed by atoms with van der Waals surface area (Å²) in [5.74, 6) is -0.989. The molecule has 2 rings (SSSR count). The number of carboxylic acids is 1. The van der Waals surface area contributed by atoms with Crippen LogP contribution in [0.2, 0.25) is 5.02 Å². The minimum absolute atomic E-state index is 0.0751. The van der Waals surface area contributed by atoms with E-state index in [2.05, 4.69) is 10.6 Å². The molecule has 0 unspecified atom stereocenters. The number of rotatable bonds is 5. The van der Waals surface area contributed by atoms with Gasteiger partial charge in [0.05, 0.1) is 5.92 Å². The summed E-state index contributed by atoms with van der Waals surface area (Å²) in [5.41, 5.74) is 1.12. The highest BCUT2D eigenvalue weighted by Crippen LogP contribution is 2.24. The number of carboxylic acid groups (broad SMARTS) is 1. The van der Waals surface area contributed by atoms with Gasteiger partial charge in [-0.05, 0) is 49.8 Å². The molecule has 1 aromatic carbocycles. The van der Waals surface area contributed by atoms with Crippen molar-refractivity contribution in [2.45, 2.75) is 38.1 Å². The maximum absolute atomic E-state index is 11.8. The monoisotopic (exact) mass is 324 g/mol. The molecule has 1 aliphatic rings. The zero-order valence-electron chi connectivity index (χ0n) is 12.3. The van der Waals surface area contributed by atoms with Crippen molar-refractivity contribution in [2.75, 3.05) is 6.54 Å². The first-order valence-corrected chi connectivity index (χ1v) is 7.94. The van der Waals surface area contributed by atoms with E-state index in [9.17, 15) is 9.59 Å². The molecule has 0 heterocycles. The van der Waals surface area contributed by atoms with E-state index < -0.39 is 5.97 Å². The third kappa shape index (κ3) is 5.22. The summed E-state index contributed by atoms with van der Waals surface area (Å²) in [4.78, 5) is 22.7. The summed E-state index contributed by atoms with van der Waals surface area (Å²) in [7, 11) is 0. The number of benzene rings is 1. The van der Waals surface area contributed by atoms with E-state index in [1.165, 1.54) is 0 Å². The van der Waals surface area contributed by atoms with Gasteiger partial charge in [0.15, 0.2) is 0 Å². The molecule has 0 aromatic heterocycles. The van der Waals surface area contributed by atoms with Gasteiger partial charge in [0.1, 0.15) is 0 Å². The van der Waals surface area contributed by atoms with E-state index >= 15 is 0 Å². The van der Waals surface area contributed by atoms with Gasteiger partial charge in [0, 0.05) is 17.6 Å². The summed E-state index contributed by atoms with van der Waals surface area (Å²) in [6, 6.07) is 7.43. The maximum Gasteiger partial charge on any atom is 0.315 e. The van der Waals surface area contributed by atoms with Gasteiger partial charge in [0.25, 0.3) is 0 Å². The van der Waals surface area contributed by atoms with E-state index in [1.807, 2.05) is 24.3 Å². The number of carbonyl (C=O) groups is 2. The minimum Gasteiger partial charge on any atom is -0.481 e. The molecule has 0 radical (unpaired) electrons. The van der Waals surface area contributed by atoms with Crippen molar-refractivity contribution in [2.24, 2.45) is 5.92 Å². The van der Waals surface area contributed by atoms with Crippen LogP contribution in [0.15, 0.2) is 24.3 Å². The molecule has 0 aliphatic heterocycles. The van der Waals surface area contributed by atoms with Gasteiger partial charge in [-0.1, -0.05) is 23.7 Å². The van der Waals surface area contributed by atoms with E-state index in [0.717, 1.165) is 24.8 Å². The number of aliphatic carboxylic acids is 1. The Labute approximate surface area is 135 Å². The fourth-order valence-electron chi connectivity index (χ4n) is 2.69. The molecule has 3 N–H and O–H groups in total. The largest absolute Gasteiger partial charge is 0.481 e. The molecular formula is C16H21ClN2O3. The van der Waals surface area contributed by atoms with E-state index in [-0.39, 0.29) is 18.0 Å². The second kappa shape index (κ2) is 8.03. The molecule has 6 heteroatoms. The number of hydrogen-bond donors (Lipinski definition) is 3. The molecule has 0 bridgehead atoms. The van der Waals surface area contributed by atoms with Crippen LogP contribution in [0.3, 0.4) is 0 Å². The molecule has 1 saturated carbocycles. The average molecular weight is 325 g/mol. The lowest BCUT2D eigenvalue weighted by Gasteiger charge is -2.26. The highest BCUT2D eigenvalue weighted by molar-refractivity contribution is 6.30. The van der Waals surface area contributed by atoms with E-state index in [4.69, 9.17) is 16.7 Å². The van der Waals surface area contributed by atoms with Crippen LogP contribution < -0.4 is 10.6 Å². The van der Waals surface area contributed by atoms with Crippen molar-refractivity contribution in [1.29, 1.82) is 0 Å². The third-order valence-corrected chi connectivity index (χ3v) is 4.28. The van der Waals surface area contributed by atoms with Crippen LogP contribution in [0.1, 0.15) is 31.2 Å². The molecule has 22 heavy (non-hydrogen) atoms. The van der Waals surface area contributed by atoms with E-state index in [1.54, 1.807) is 0 Å². The Morgan fingerprint density at radius 1 is 1.14 bits per heavy atom. The number of urea groups is 1. The molecule has 120 valence electrons. The molecule has 1 aliphatic carbocycles. The van der Waals surface area contributed by atoms with Crippen molar-refractivity contribution >= 4 is 23.6 Å². The van der Waals surface area contributed by atoms with Crippen molar-refractivity contribution in [3.63, 3.8) is 0 Å². The van der Waals surface area contributed by atoms with Crippen LogP contribution in [-0.4, -0.2) is 29.7 Å². The molecular weight excluding hydrogens is 304 g/mol. The van der Waals surface area contributed by atoms with Crippen molar-refractivity contribution in [3.8, 4) is 0 Å². The number of hydrogen-bond acceptors (Lipinski definition) is 2. The molecule has 5 nitrogen and oxygen atoms in total. The number of amides is 2. The first-order valence-electron chi connectivity index (χ1n) is 7.56. The van der Waals surface area contributed by atoms with Crippen LogP contribution in [0.4, 0.5) is 4.79 Å². The van der Waals surface area contributed by atoms with Crippen LogP contribution >= 0.6 is 11.6 Å². The Morgan fingerprint density at radius 3 is 2.36 bits per heavy atom. The van der Waals surface area contributed by atoms with E-state index in [0.29, 0.717) is 24.4 Å². The topological polar surface area (TPSA) is 78.4 Å². The highest BCUT2D eigenvalue weighted by Gasteiger charge is 2.26. The summed E-state index contributed by atoms with van der Waals surface area (Å²) in [6.45, 7) is 0.554. The fraction of sp³-hybridized carbons (Fsp3) is 0.500. The molecule has 0 saturated heterocycles. The fourth-order valence-corrected chi connectivity index (χ4v) is 2.82. The van der Waals surface area contributed by atoms with Gasteiger partial charge in [-0.2, -0.15) is 0 Å². The van der Waals surface area contributed by atoms with Gasteiger partial charge in [-0.15, -0.1) is 0 Å². The van der Waals surface area contributed by atoms with Gasteiger partial charge in [-0.25, -0.2) is 4.79 Å². The number of carbonyl (C=O) groups excluding carboxylic acids is 1. The van der Waals surface area contributed by atoms with Crippen LogP contribution in [-0.2, 0) is 11.2 Å². The zero-order chi connectivity index (χ0) is 15.9. The lowest BCUT2D eigenvalue weighted by atomic mass is 9.86. The number of halogens is 1. The van der Waals surface area contributed by atoms with Crippen molar-refractivity contribution < 1.29 is 14.7 Å². The Morgan fingerprint density at radius 2 is 1.77 bits per heavy atom. The first kappa shape index (κ1) is 16.6.